The molecule has 2 fully saturated rings. The zero-order chi connectivity index (χ0) is 24.3. The molecule has 1 atom stereocenters. The zero-order valence-corrected chi connectivity index (χ0v) is 20.7. The summed E-state index contributed by atoms with van der Waals surface area (Å²) in [6, 6.07) is 9.93. The number of ether oxygens (including phenoxy) is 3. The zero-order valence-electron chi connectivity index (χ0n) is 19.9. The molecule has 1 aliphatic heterocycles. The van der Waals surface area contributed by atoms with Crippen molar-refractivity contribution in [1.29, 1.82) is 0 Å². The number of nitrogens with one attached hydrogen (secondary N) is 1. The van der Waals surface area contributed by atoms with Crippen molar-refractivity contribution < 1.29 is 27.4 Å². The highest BCUT2D eigenvalue weighted by molar-refractivity contribution is 7.89. The standard InChI is InChI=1S/C25H32N2O6S/c1-31-19-11-12-20(23(16-19)33-3)21-9-6-14-27(21)25(28)17-10-13-22(32-2)24(15-17)34(29,30)26-18-7-4-5-8-18/h10-13,15-16,18,21,26H,4-9,14H2,1-3H3/t21-/m1/s1. The third kappa shape index (κ3) is 4.86. The number of nitrogens with zero attached hydrogens (tertiary/aromatic N) is 1. The normalized spacial score (nSPS) is 18.8. The van der Waals surface area contributed by atoms with E-state index in [1.807, 2.05) is 18.2 Å². The number of rotatable bonds is 8. The van der Waals surface area contributed by atoms with Crippen LogP contribution in [0.25, 0.3) is 0 Å². The number of benzene rings is 2. The van der Waals surface area contributed by atoms with E-state index in [0.717, 1.165) is 44.1 Å². The van der Waals surface area contributed by atoms with Crippen molar-refractivity contribution in [3.8, 4) is 17.2 Å². The van der Waals surface area contributed by atoms with Crippen molar-refractivity contribution in [1.82, 2.24) is 9.62 Å². The van der Waals surface area contributed by atoms with Gasteiger partial charge in [0.05, 0.1) is 27.4 Å². The van der Waals surface area contributed by atoms with Crippen LogP contribution in [0.2, 0.25) is 0 Å². The Morgan fingerprint density at radius 2 is 1.65 bits per heavy atom. The van der Waals surface area contributed by atoms with Gasteiger partial charge in [0.25, 0.3) is 5.91 Å². The second kappa shape index (κ2) is 10.2. The Morgan fingerprint density at radius 3 is 2.32 bits per heavy atom. The van der Waals surface area contributed by atoms with Crippen molar-refractivity contribution >= 4 is 15.9 Å². The van der Waals surface area contributed by atoms with Gasteiger partial charge in [-0.15, -0.1) is 0 Å². The van der Waals surface area contributed by atoms with Crippen LogP contribution in [0.4, 0.5) is 0 Å². The fraction of sp³-hybridized carbons (Fsp3) is 0.480. The number of methoxy groups -OCH3 is 3. The highest BCUT2D eigenvalue weighted by atomic mass is 32.2. The summed E-state index contributed by atoms with van der Waals surface area (Å²) in [6.45, 7) is 0.577. The first-order chi connectivity index (χ1) is 16.4. The lowest BCUT2D eigenvalue weighted by Gasteiger charge is -2.27. The number of carbonyl (C=O) groups excluding carboxylic acids is 1. The lowest BCUT2D eigenvalue weighted by Crippen LogP contribution is -2.33. The quantitative estimate of drug-likeness (QED) is 0.606. The molecule has 184 valence electrons. The summed E-state index contributed by atoms with van der Waals surface area (Å²) < 4.78 is 45.3. The maximum Gasteiger partial charge on any atom is 0.254 e. The van der Waals surface area contributed by atoms with Crippen LogP contribution >= 0.6 is 0 Å². The molecule has 2 aliphatic rings. The summed E-state index contributed by atoms with van der Waals surface area (Å²) >= 11 is 0. The van der Waals surface area contributed by atoms with Gasteiger partial charge in [0.1, 0.15) is 22.1 Å². The highest BCUT2D eigenvalue weighted by Crippen LogP contribution is 2.40. The molecule has 2 aromatic rings. The van der Waals surface area contributed by atoms with Gasteiger partial charge in [0, 0.05) is 29.8 Å². The molecule has 0 radical (unpaired) electrons. The number of hydrogen-bond donors (Lipinski definition) is 1. The Balaban J connectivity index is 1.64. The van der Waals surface area contributed by atoms with Crippen molar-refractivity contribution in [2.24, 2.45) is 0 Å². The van der Waals surface area contributed by atoms with Crippen molar-refractivity contribution in [2.45, 2.75) is 55.5 Å². The first-order valence-corrected chi connectivity index (χ1v) is 13.1. The van der Waals surface area contributed by atoms with E-state index in [1.54, 1.807) is 31.3 Å². The number of sulfonamides is 1. The van der Waals surface area contributed by atoms with Crippen LogP contribution < -0.4 is 18.9 Å². The predicted octanol–water partition coefficient (Wildman–Crippen LogP) is 3.91. The molecule has 0 bridgehead atoms. The van der Waals surface area contributed by atoms with Crippen LogP contribution in [-0.2, 0) is 10.0 Å². The van der Waals surface area contributed by atoms with Crippen LogP contribution in [0, 0.1) is 0 Å². The summed E-state index contributed by atoms with van der Waals surface area (Å²) in [5.74, 6) is 1.33. The number of carbonyl (C=O) groups is 1. The molecule has 4 rings (SSSR count). The Labute approximate surface area is 201 Å². The highest BCUT2D eigenvalue weighted by Gasteiger charge is 2.34. The molecule has 1 N–H and O–H groups in total. The molecule has 2 aromatic carbocycles. The molecule has 0 aromatic heterocycles. The maximum absolute atomic E-state index is 13.6. The fourth-order valence-corrected chi connectivity index (χ4v) is 6.44. The van der Waals surface area contributed by atoms with Gasteiger partial charge in [0.15, 0.2) is 0 Å². The Bertz CT molecular complexity index is 1140. The van der Waals surface area contributed by atoms with Crippen molar-refractivity contribution in [3.63, 3.8) is 0 Å². The van der Waals surface area contributed by atoms with E-state index in [4.69, 9.17) is 14.2 Å². The van der Waals surface area contributed by atoms with Crippen LogP contribution in [0.15, 0.2) is 41.3 Å². The van der Waals surface area contributed by atoms with Crippen molar-refractivity contribution in [2.75, 3.05) is 27.9 Å². The van der Waals surface area contributed by atoms with Gasteiger partial charge < -0.3 is 19.1 Å². The third-order valence-electron chi connectivity index (χ3n) is 6.69. The number of hydrogen-bond acceptors (Lipinski definition) is 6. The van der Waals surface area contributed by atoms with E-state index in [9.17, 15) is 13.2 Å². The maximum atomic E-state index is 13.6. The SMILES string of the molecule is COc1ccc([C@H]2CCCN2C(=O)c2ccc(OC)c(S(=O)(=O)NC3CCCC3)c2)c(OC)c1. The minimum atomic E-state index is -3.83. The van der Waals surface area contributed by atoms with Crippen LogP contribution in [-0.4, -0.2) is 53.1 Å². The third-order valence-corrected chi connectivity index (χ3v) is 8.23. The minimum absolute atomic E-state index is 0.00877. The Hall–Kier alpha value is -2.78. The molecule has 1 saturated carbocycles. The van der Waals surface area contributed by atoms with E-state index >= 15 is 0 Å². The van der Waals surface area contributed by atoms with Gasteiger partial charge in [-0.05, 0) is 56.0 Å². The molecule has 1 heterocycles. The van der Waals surface area contributed by atoms with E-state index in [1.165, 1.54) is 13.2 Å². The second-order valence-corrected chi connectivity index (χ2v) is 10.4. The first kappa shape index (κ1) is 24.3. The molecule has 0 unspecified atom stereocenters. The first-order valence-electron chi connectivity index (χ1n) is 11.6. The average Bonchev–Trinajstić information content (AvgIpc) is 3.54. The molecule has 1 saturated heterocycles. The molecule has 8 nitrogen and oxygen atoms in total. The lowest BCUT2D eigenvalue weighted by atomic mass is 10.0. The van der Waals surface area contributed by atoms with Crippen LogP contribution in [0.1, 0.15) is 60.5 Å². The van der Waals surface area contributed by atoms with E-state index in [2.05, 4.69) is 4.72 Å². The molecular weight excluding hydrogens is 456 g/mol. The molecule has 1 amide bonds. The van der Waals surface area contributed by atoms with Gasteiger partial charge >= 0.3 is 0 Å². The average molecular weight is 489 g/mol. The molecule has 9 heteroatoms. The van der Waals surface area contributed by atoms with Crippen molar-refractivity contribution in [3.05, 3.63) is 47.5 Å². The van der Waals surface area contributed by atoms with Crippen LogP contribution in [0.3, 0.4) is 0 Å². The lowest BCUT2D eigenvalue weighted by molar-refractivity contribution is 0.0734. The molecule has 34 heavy (non-hydrogen) atoms. The summed E-state index contributed by atoms with van der Waals surface area (Å²) in [4.78, 5) is 15.4. The monoisotopic (exact) mass is 488 g/mol. The topological polar surface area (TPSA) is 94.2 Å². The second-order valence-electron chi connectivity index (χ2n) is 8.73. The largest absolute Gasteiger partial charge is 0.497 e. The van der Waals surface area contributed by atoms with Crippen LogP contribution in [0.5, 0.6) is 17.2 Å². The summed E-state index contributed by atoms with van der Waals surface area (Å²) in [5.41, 5.74) is 1.21. The summed E-state index contributed by atoms with van der Waals surface area (Å²) in [5, 5.41) is 0. The molecule has 1 aliphatic carbocycles. The van der Waals surface area contributed by atoms with E-state index in [-0.39, 0.29) is 28.6 Å². The Kier molecular flexibility index (Phi) is 7.33. The smallest absolute Gasteiger partial charge is 0.254 e. The summed E-state index contributed by atoms with van der Waals surface area (Å²) in [7, 11) is 0.787. The van der Waals surface area contributed by atoms with Gasteiger partial charge in [-0.2, -0.15) is 0 Å². The summed E-state index contributed by atoms with van der Waals surface area (Å²) in [6.07, 6.45) is 5.29. The molecule has 0 spiro atoms. The number of amides is 1. The number of likely N-dealkylation sites (tertiary alicyclic amines) is 1. The minimum Gasteiger partial charge on any atom is -0.497 e. The fourth-order valence-electron chi connectivity index (χ4n) is 4.94. The van der Waals surface area contributed by atoms with Gasteiger partial charge in [-0.3, -0.25) is 4.79 Å². The van der Waals surface area contributed by atoms with Gasteiger partial charge in [-0.25, -0.2) is 13.1 Å². The van der Waals surface area contributed by atoms with E-state index < -0.39 is 10.0 Å². The van der Waals surface area contributed by atoms with E-state index in [0.29, 0.717) is 23.6 Å². The Morgan fingerprint density at radius 1 is 0.912 bits per heavy atom. The molecular formula is C25H32N2O6S. The van der Waals surface area contributed by atoms with Gasteiger partial charge in [-0.1, -0.05) is 12.8 Å². The van der Waals surface area contributed by atoms with Gasteiger partial charge in [0.2, 0.25) is 10.0 Å². The predicted molar refractivity (Wildman–Crippen MR) is 128 cm³/mol.